The molecule has 3 aromatic rings. The molecule has 1 aromatic heterocycles. The Bertz CT molecular complexity index is 919. The Balaban J connectivity index is 1.58. The topological polar surface area (TPSA) is 75.5 Å². The second kappa shape index (κ2) is 8.28. The lowest BCUT2D eigenvalue weighted by Crippen LogP contribution is -3.10. The number of anilines is 2. The first-order valence-electron chi connectivity index (χ1n) is 8.77. The summed E-state index contributed by atoms with van der Waals surface area (Å²) in [6.45, 7) is 3.88. The summed E-state index contributed by atoms with van der Waals surface area (Å²) in [6, 6.07) is 15.3. The van der Waals surface area contributed by atoms with Crippen LogP contribution in [0.4, 0.5) is 11.4 Å². The molecule has 6 nitrogen and oxygen atoms in total. The lowest BCUT2D eigenvalue weighted by atomic mass is 10.2. The maximum Gasteiger partial charge on any atom is 0.279 e. The minimum atomic E-state index is -0.124. The van der Waals surface area contributed by atoms with Gasteiger partial charge in [-0.3, -0.25) is 9.59 Å². The number of carbonyl (C=O) groups is 2. The fourth-order valence-electron chi connectivity index (χ4n) is 2.74. The van der Waals surface area contributed by atoms with Crippen molar-refractivity contribution in [1.82, 2.24) is 4.98 Å². The van der Waals surface area contributed by atoms with E-state index in [-0.39, 0.29) is 17.9 Å². The lowest BCUT2D eigenvalue weighted by Gasteiger charge is -2.19. The summed E-state index contributed by atoms with van der Waals surface area (Å²) >= 11 is 1.67. The average Bonchev–Trinajstić information content (AvgIpc) is 3.06. The first-order chi connectivity index (χ1) is 12.9. The van der Waals surface area contributed by atoms with Gasteiger partial charge in [0, 0.05) is 18.3 Å². The van der Waals surface area contributed by atoms with Gasteiger partial charge in [0.25, 0.3) is 5.91 Å². The molecular formula is C20H23N4O2S+. The molecule has 140 valence electrons. The molecule has 2 aromatic carbocycles. The van der Waals surface area contributed by atoms with Gasteiger partial charge in [0.05, 0.1) is 17.3 Å². The van der Waals surface area contributed by atoms with Crippen LogP contribution in [0.3, 0.4) is 0 Å². The van der Waals surface area contributed by atoms with Crippen LogP contribution < -0.4 is 15.5 Å². The Labute approximate surface area is 162 Å². The van der Waals surface area contributed by atoms with Crippen molar-refractivity contribution in [2.45, 2.75) is 19.9 Å². The van der Waals surface area contributed by atoms with Gasteiger partial charge < -0.3 is 15.5 Å². The van der Waals surface area contributed by atoms with Crippen LogP contribution in [0.1, 0.15) is 24.9 Å². The number of thiazole rings is 1. The molecule has 3 N–H and O–H groups in total. The third-order valence-corrected chi connectivity index (χ3v) is 5.57. The summed E-state index contributed by atoms with van der Waals surface area (Å²) < 4.78 is 1.16. The summed E-state index contributed by atoms with van der Waals surface area (Å²) in [4.78, 5) is 29.2. The Morgan fingerprint density at radius 3 is 2.33 bits per heavy atom. The molecule has 3 rings (SSSR count). The number of hydrogen-bond donors (Lipinski definition) is 3. The minimum Gasteiger partial charge on any atom is -0.326 e. The van der Waals surface area contributed by atoms with E-state index in [9.17, 15) is 9.59 Å². The van der Waals surface area contributed by atoms with Crippen LogP contribution in [-0.2, 0) is 9.59 Å². The summed E-state index contributed by atoms with van der Waals surface area (Å²) in [7, 11) is 2.00. The molecule has 2 amide bonds. The molecule has 1 heterocycles. The van der Waals surface area contributed by atoms with Crippen molar-refractivity contribution in [3.8, 4) is 0 Å². The van der Waals surface area contributed by atoms with Gasteiger partial charge in [-0.15, -0.1) is 11.3 Å². The van der Waals surface area contributed by atoms with Crippen LogP contribution in [0.5, 0.6) is 0 Å². The fraction of sp³-hybridized carbons (Fsp3) is 0.250. The molecule has 0 aliphatic rings. The van der Waals surface area contributed by atoms with E-state index in [0.717, 1.165) is 20.1 Å². The van der Waals surface area contributed by atoms with Gasteiger partial charge in [0.1, 0.15) is 6.04 Å². The molecule has 0 radical (unpaired) electrons. The molecule has 1 unspecified atom stereocenters. The van der Waals surface area contributed by atoms with Crippen LogP contribution >= 0.6 is 11.3 Å². The molecule has 7 heteroatoms. The summed E-state index contributed by atoms with van der Waals surface area (Å²) in [5.41, 5.74) is 2.41. The van der Waals surface area contributed by atoms with E-state index in [1.54, 1.807) is 35.6 Å². The van der Waals surface area contributed by atoms with Gasteiger partial charge >= 0.3 is 0 Å². The molecule has 0 saturated heterocycles. The standard InChI is InChI=1S/C20H22N4O2S/c1-13(20-23-17-6-4-5-7-18(17)27-20)24(3)12-19(26)22-16-10-8-15(9-11-16)21-14(2)25/h4-11,13H,12H2,1-3H3,(H,21,25)(H,22,26)/p+1/t13-/m1/s1. The van der Waals surface area contributed by atoms with Gasteiger partial charge in [0.2, 0.25) is 5.91 Å². The maximum atomic E-state index is 12.4. The number of fused-ring (bicyclic) bond motifs is 1. The predicted molar refractivity (Wildman–Crippen MR) is 109 cm³/mol. The molecular weight excluding hydrogens is 360 g/mol. The Kier molecular flexibility index (Phi) is 5.83. The zero-order chi connectivity index (χ0) is 19.4. The zero-order valence-electron chi connectivity index (χ0n) is 15.6. The van der Waals surface area contributed by atoms with E-state index in [1.165, 1.54) is 6.92 Å². The number of nitrogens with one attached hydrogen (secondary N) is 3. The van der Waals surface area contributed by atoms with Gasteiger partial charge in [0.15, 0.2) is 11.6 Å². The van der Waals surface area contributed by atoms with Crippen LogP contribution in [-0.4, -0.2) is 30.4 Å². The highest BCUT2D eigenvalue weighted by molar-refractivity contribution is 7.18. The minimum absolute atomic E-state index is 0.0623. The van der Waals surface area contributed by atoms with Crippen LogP contribution in [0.25, 0.3) is 10.2 Å². The molecule has 27 heavy (non-hydrogen) atoms. The van der Waals surface area contributed by atoms with E-state index >= 15 is 0 Å². The van der Waals surface area contributed by atoms with E-state index in [0.29, 0.717) is 17.9 Å². The number of likely N-dealkylation sites (N-methyl/N-ethyl adjacent to an activating group) is 1. The fourth-order valence-corrected chi connectivity index (χ4v) is 3.85. The molecule has 0 fully saturated rings. The number of para-hydroxylation sites is 1. The smallest absolute Gasteiger partial charge is 0.279 e. The molecule has 0 aliphatic carbocycles. The first kappa shape index (κ1) is 19.0. The van der Waals surface area contributed by atoms with Crippen molar-refractivity contribution in [3.63, 3.8) is 0 Å². The normalized spacial score (nSPS) is 13.1. The number of hydrogen-bond acceptors (Lipinski definition) is 4. The van der Waals surface area contributed by atoms with E-state index in [1.807, 2.05) is 25.2 Å². The number of amides is 2. The molecule has 0 aliphatic heterocycles. The summed E-state index contributed by atoms with van der Waals surface area (Å²) in [6.07, 6.45) is 0. The van der Waals surface area contributed by atoms with Crippen molar-refractivity contribution in [2.75, 3.05) is 24.2 Å². The first-order valence-corrected chi connectivity index (χ1v) is 9.59. The van der Waals surface area contributed by atoms with E-state index in [4.69, 9.17) is 0 Å². The van der Waals surface area contributed by atoms with Gasteiger partial charge in [-0.05, 0) is 43.3 Å². The van der Waals surface area contributed by atoms with E-state index < -0.39 is 0 Å². The highest BCUT2D eigenvalue weighted by Gasteiger charge is 2.22. The van der Waals surface area contributed by atoms with Gasteiger partial charge in [-0.2, -0.15) is 0 Å². The lowest BCUT2D eigenvalue weighted by molar-refractivity contribution is -0.902. The second-order valence-corrected chi connectivity index (χ2v) is 7.63. The summed E-state index contributed by atoms with van der Waals surface area (Å²) in [5.74, 6) is -0.186. The number of quaternary nitrogens is 1. The van der Waals surface area contributed by atoms with Crippen molar-refractivity contribution in [1.29, 1.82) is 0 Å². The molecule has 0 saturated carbocycles. The average molecular weight is 383 g/mol. The largest absolute Gasteiger partial charge is 0.326 e. The Morgan fingerprint density at radius 2 is 1.70 bits per heavy atom. The molecule has 0 bridgehead atoms. The highest BCUT2D eigenvalue weighted by Crippen LogP contribution is 2.24. The van der Waals surface area contributed by atoms with Crippen LogP contribution in [0.2, 0.25) is 0 Å². The number of rotatable bonds is 6. The third-order valence-electron chi connectivity index (χ3n) is 4.35. The maximum absolute atomic E-state index is 12.4. The van der Waals surface area contributed by atoms with Crippen molar-refractivity contribution >= 4 is 44.7 Å². The highest BCUT2D eigenvalue weighted by atomic mass is 32.1. The number of aromatic nitrogens is 1. The van der Waals surface area contributed by atoms with Crippen molar-refractivity contribution < 1.29 is 14.5 Å². The van der Waals surface area contributed by atoms with Crippen LogP contribution in [0, 0.1) is 0 Å². The molecule has 0 spiro atoms. The van der Waals surface area contributed by atoms with E-state index in [2.05, 4.69) is 28.6 Å². The van der Waals surface area contributed by atoms with Crippen LogP contribution in [0.15, 0.2) is 48.5 Å². The number of carbonyl (C=O) groups excluding carboxylic acids is 2. The SMILES string of the molecule is CC(=O)Nc1ccc(NC(=O)C[NH+](C)[C@H](C)c2nc3ccccc3s2)cc1. The van der Waals surface area contributed by atoms with Gasteiger partial charge in [-0.25, -0.2) is 4.98 Å². The molecule has 2 atom stereocenters. The monoisotopic (exact) mass is 383 g/mol. The Hall–Kier alpha value is -2.77. The van der Waals surface area contributed by atoms with Crippen molar-refractivity contribution in [2.24, 2.45) is 0 Å². The zero-order valence-corrected chi connectivity index (χ0v) is 16.4. The summed E-state index contributed by atoms with van der Waals surface area (Å²) in [5, 5.41) is 6.63. The third kappa shape index (κ3) is 4.90. The second-order valence-electron chi connectivity index (χ2n) is 6.57. The number of benzene rings is 2. The Morgan fingerprint density at radius 1 is 1.07 bits per heavy atom. The van der Waals surface area contributed by atoms with Gasteiger partial charge in [-0.1, -0.05) is 12.1 Å². The van der Waals surface area contributed by atoms with Crippen molar-refractivity contribution in [3.05, 3.63) is 53.5 Å². The number of nitrogens with zero attached hydrogens (tertiary/aromatic N) is 1. The predicted octanol–water partition coefficient (Wildman–Crippen LogP) is 2.47. The quantitative estimate of drug-likeness (QED) is 0.612.